The number of nitrogens with one attached hydrogen (secondary N) is 2. The third-order valence-electron chi connectivity index (χ3n) is 3.12. The highest BCUT2D eigenvalue weighted by Crippen LogP contribution is 2.22. The zero-order valence-electron chi connectivity index (χ0n) is 11.8. The molecule has 0 fully saturated rings. The Hall–Kier alpha value is -2.35. The molecule has 0 radical (unpaired) electrons. The number of aromatic amines is 1. The summed E-state index contributed by atoms with van der Waals surface area (Å²) in [6.45, 7) is 5.23. The molecule has 0 aliphatic rings. The van der Waals surface area contributed by atoms with Gasteiger partial charge < -0.3 is 5.11 Å². The maximum atomic E-state index is 12.4. The second-order valence-corrected chi connectivity index (χ2v) is 6.36. The minimum atomic E-state index is -4.03. The molecule has 0 atom stereocenters. The Morgan fingerprint density at radius 1 is 1.24 bits per heavy atom. The molecule has 0 bridgehead atoms. The average Bonchev–Trinajstić information content (AvgIpc) is 2.76. The van der Waals surface area contributed by atoms with Crippen LogP contribution >= 0.6 is 0 Å². The zero-order chi connectivity index (χ0) is 15.8. The van der Waals surface area contributed by atoms with Crippen LogP contribution in [-0.2, 0) is 10.0 Å². The number of anilines is 1. The van der Waals surface area contributed by atoms with Crippen LogP contribution < -0.4 is 4.72 Å². The lowest BCUT2D eigenvalue weighted by Crippen LogP contribution is -2.17. The van der Waals surface area contributed by atoms with E-state index in [9.17, 15) is 13.2 Å². The number of nitrogens with zero attached hydrogens (tertiary/aromatic N) is 1. The van der Waals surface area contributed by atoms with Crippen LogP contribution in [0.15, 0.2) is 23.1 Å². The highest BCUT2D eigenvalue weighted by molar-refractivity contribution is 7.92. The zero-order valence-corrected chi connectivity index (χ0v) is 12.6. The van der Waals surface area contributed by atoms with Crippen molar-refractivity contribution in [2.75, 3.05) is 4.72 Å². The standard InChI is InChI=1S/C13H15N3O4S/c1-7-4-5-10(6-8(7)2)16-21(19,20)12-9(3)14-15-11(12)13(17)18/h4-6,16H,1-3H3,(H,14,15)(H,17,18). The lowest BCUT2D eigenvalue weighted by molar-refractivity contribution is 0.0686. The summed E-state index contributed by atoms with van der Waals surface area (Å²) < 4.78 is 27.1. The van der Waals surface area contributed by atoms with Crippen LogP contribution in [0.1, 0.15) is 27.3 Å². The molecule has 1 aromatic heterocycles. The number of hydrogen-bond acceptors (Lipinski definition) is 4. The SMILES string of the molecule is Cc1ccc(NS(=O)(=O)c2c(C(=O)O)n[nH]c2C)cc1C. The predicted molar refractivity (Wildman–Crippen MR) is 77.0 cm³/mol. The third-order valence-corrected chi connectivity index (χ3v) is 4.66. The molecule has 1 heterocycles. The first-order valence-electron chi connectivity index (χ1n) is 6.10. The van der Waals surface area contributed by atoms with Crippen molar-refractivity contribution in [3.63, 3.8) is 0 Å². The summed E-state index contributed by atoms with van der Waals surface area (Å²) in [7, 11) is -4.03. The fraction of sp³-hybridized carbons (Fsp3) is 0.231. The third kappa shape index (κ3) is 2.89. The maximum absolute atomic E-state index is 12.4. The Balaban J connectivity index is 2.45. The van der Waals surface area contributed by atoms with Gasteiger partial charge in [-0.1, -0.05) is 6.07 Å². The molecular weight excluding hydrogens is 294 g/mol. The molecule has 0 unspecified atom stereocenters. The van der Waals surface area contributed by atoms with Crippen molar-refractivity contribution in [1.82, 2.24) is 10.2 Å². The lowest BCUT2D eigenvalue weighted by atomic mass is 10.1. The number of carboxylic acids is 1. The second kappa shape index (κ2) is 5.21. The van der Waals surface area contributed by atoms with E-state index in [0.29, 0.717) is 5.69 Å². The van der Waals surface area contributed by atoms with E-state index in [4.69, 9.17) is 5.11 Å². The van der Waals surface area contributed by atoms with Crippen LogP contribution in [0.2, 0.25) is 0 Å². The van der Waals surface area contributed by atoms with E-state index >= 15 is 0 Å². The van der Waals surface area contributed by atoms with E-state index in [1.54, 1.807) is 18.2 Å². The fourth-order valence-electron chi connectivity index (χ4n) is 1.90. The number of aromatic nitrogens is 2. The van der Waals surface area contributed by atoms with E-state index in [-0.39, 0.29) is 10.6 Å². The van der Waals surface area contributed by atoms with Gasteiger partial charge in [0.15, 0.2) is 5.69 Å². The van der Waals surface area contributed by atoms with E-state index in [1.165, 1.54) is 6.92 Å². The van der Waals surface area contributed by atoms with E-state index in [2.05, 4.69) is 14.9 Å². The Labute approximate surface area is 122 Å². The first-order chi connectivity index (χ1) is 9.72. The number of carboxylic acid groups (broad SMARTS) is 1. The van der Waals surface area contributed by atoms with Gasteiger partial charge in [-0.2, -0.15) is 5.10 Å². The van der Waals surface area contributed by atoms with E-state index in [1.807, 2.05) is 13.8 Å². The lowest BCUT2D eigenvalue weighted by Gasteiger charge is -2.10. The maximum Gasteiger partial charge on any atom is 0.357 e. The first-order valence-corrected chi connectivity index (χ1v) is 7.59. The van der Waals surface area contributed by atoms with Crippen LogP contribution in [0.25, 0.3) is 0 Å². The molecule has 0 spiro atoms. The van der Waals surface area contributed by atoms with Gasteiger partial charge in [0.25, 0.3) is 10.0 Å². The number of carbonyl (C=O) groups is 1. The molecule has 0 saturated carbocycles. The molecule has 2 rings (SSSR count). The molecule has 0 amide bonds. The average molecular weight is 309 g/mol. The van der Waals surface area contributed by atoms with Gasteiger partial charge in [-0.25, -0.2) is 13.2 Å². The summed E-state index contributed by atoms with van der Waals surface area (Å²) in [5.41, 5.74) is 1.98. The van der Waals surface area contributed by atoms with Crippen molar-refractivity contribution in [2.45, 2.75) is 25.7 Å². The van der Waals surface area contributed by atoms with Gasteiger partial charge in [0.2, 0.25) is 0 Å². The Bertz CT molecular complexity index is 809. The topological polar surface area (TPSA) is 112 Å². The first kappa shape index (κ1) is 15.0. The van der Waals surface area contributed by atoms with Crippen molar-refractivity contribution in [3.05, 3.63) is 40.7 Å². The molecule has 112 valence electrons. The van der Waals surface area contributed by atoms with Crippen molar-refractivity contribution < 1.29 is 18.3 Å². The molecular formula is C13H15N3O4S. The highest BCUT2D eigenvalue weighted by Gasteiger charge is 2.28. The van der Waals surface area contributed by atoms with Crippen LogP contribution in [0.3, 0.4) is 0 Å². The van der Waals surface area contributed by atoms with Crippen LogP contribution in [0.5, 0.6) is 0 Å². The number of H-pyrrole nitrogens is 1. The number of rotatable bonds is 4. The molecule has 8 heteroatoms. The Morgan fingerprint density at radius 2 is 1.90 bits per heavy atom. The van der Waals surface area contributed by atoms with E-state index in [0.717, 1.165) is 11.1 Å². The monoisotopic (exact) mass is 309 g/mol. The van der Waals surface area contributed by atoms with Crippen molar-refractivity contribution in [3.8, 4) is 0 Å². The van der Waals surface area contributed by atoms with Crippen LogP contribution in [-0.4, -0.2) is 29.7 Å². The summed E-state index contributed by atoms with van der Waals surface area (Å²) >= 11 is 0. The van der Waals surface area contributed by atoms with Gasteiger partial charge in [-0.3, -0.25) is 9.82 Å². The van der Waals surface area contributed by atoms with E-state index < -0.39 is 21.7 Å². The highest BCUT2D eigenvalue weighted by atomic mass is 32.2. The van der Waals surface area contributed by atoms with Crippen molar-refractivity contribution in [1.29, 1.82) is 0 Å². The number of aromatic carboxylic acids is 1. The molecule has 0 aliphatic heterocycles. The summed E-state index contributed by atoms with van der Waals surface area (Å²) in [4.78, 5) is 10.7. The minimum absolute atomic E-state index is 0.170. The molecule has 1 aromatic carbocycles. The quantitative estimate of drug-likeness (QED) is 0.797. The molecule has 7 nitrogen and oxygen atoms in total. The van der Waals surface area contributed by atoms with Crippen molar-refractivity contribution in [2.24, 2.45) is 0 Å². The Morgan fingerprint density at radius 3 is 2.48 bits per heavy atom. The normalized spacial score (nSPS) is 11.4. The predicted octanol–water partition coefficient (Wildman–Crippen LogP) is 1.83. The van der Waals surface area contributed by atoms with Gasteiger partial charge in [0.05, 0.1) is 5.69 Å². The fourth-order valence-corrected chi connectivity index (χ4v) is 3.28. The second-order valence-electron chi connectivity index (χ2n) is 4.74. The van der Waals surface area contributed by atoms with Gasteiger partial charge >= 0.3 is 5.97 Å². The molecule has 2 aromatic rings. The smallest absolute Gasteiger partial charge is 0.357 e. The van der Waals surface area contributed by atoms with Gasteiger partial charge in [0.1, 0.15) is 4.90 Å². The van der Waals surface area contributed by atoms with Gasteiger partial charge in [0, 0.05) is 5.69 Å². The molecule has 0 saturated heterocycles. The number of hydrogen-bond donors (Lipinski definition) is 3. The summed E-state index contributed by atoms with van der Waals surface area (Å²) in [6, 6.07) is 5.09. The van der Waals surface area contributed by atoms with Crippen LogP contribution in [0.4, 0.5) is 5.69 Å². The van der Waals surface area contributed by atoms with Gasteiger partial charge in [-0.15, -0.1) is 0 Å². The summed E-state index contributed by atoms with van der Waals surface area (Å²) in [5.74, 6) is -1.40. The molecule has 0 aliphatic carbocycles. The summed E-state index contributed by atoms with van der Waals surface area (Å²) in [6.07, 6.45) is 0. The number of benzene rings is 1. The summed E-state index contributed by atoms with van der Waals surface area (Å²) in [5, 5.41) is 14.9. The largest absolute Gasteiger partial charge is 0.476 e. The number of aryl methyl sites for hydroxylation is 3. The molecule has 3 N–H and O–H groups in total. The Kier molecular flexibility index (Phi) is 3.73. The van der Waals surface area contributed by atoms with Crippen LogP contribution in [0, 0.1) is 20.8 Å². The molecule has 21 heavy (non-hydrogen) atoms. The van der Waals surface area contributed by atoms with Gasteiger partial charge in [-0.05, 0) is 44.0 Å². The minimum Gasteiger partial charge on any atom is -0.476 e. The number of sulfonamides is 1. The van der Waals surface area contributed by atoms with Crippen molar-refractivity contribution >= 4 is 21.7 Å².